The minimum atomic E-state index is -0.403. The fourth-order valence-corrected chi connectivity index (χ4v) is 8.29. The van der Waals surface area contributed by atoms with Gasteiger partial charge in [-0.2, -0.15) is 0 Å². The summed E-state index contributed by atoms with van der Waals surface area (Å²) in [6, 6.07) is 22.8. The van der Waals surface area contributed by atoms with Crippen LogP contribution in [-0.2, 0) is 35.8 Å². The van der Waals surface area contributed by atoms with Crippen LogP contribution in [-0.4, -0.2) is 11.4 Å². The molecule has 5 heteroatoms. The summed E-state index contributed by atoms with van der Waals surface area (Å²) in [5, 5.41) is 21.6. The molecule has 356 valence electrons. The van der Waals surface area contributed by atoms with Crippen molar-refractivity contribution in [3.8, 4) is 11.5 Å². The second kappa shape index (κ2) is 40.6. The normalized spacial score (nSPS) is 11.6. The number of para-hydroxylation sites is 1. The molecule has 0 unspecified atom stereocenters. The molecule has 0 amide bonds. The number of unbranched alkanes of at least 4 members (excludes halogenated alkanes) is 24. The second-order valence-electron chi connectivity index (χ2n) is 18.0. The molecular formula is C58H92N2NiO2. The van der Waals surface area contributed by atoms with Crippen LogP contribution in [0.2, 0.25) is 0 Å². The Morgan fingerprint density at radius 3 is 1.13 bits per heavy atom. The van der Waals surface area contributed by atoms with E-state index in [2.05, 4.69) is 76.2 Å². The number of hydrogen-bond donors (Lipinski definition) is 0. The van der Waals surface area contributed by atoms with Crippen molar-refractivity contribution in [2.45, 2.75) is 247 Å². The number of benzene rings is 3. The Morgan fingerprint density at radius 2 is 0.746 bits per heavy atom. The van der Waals surface area contributed by atoms with E-state index in [-0.39, 0.29) is 22.2 Å². The first-order valence-electron chi connectivity index (χ1n) is 26.2. The van der Waals surface area contributed by atoms with Crippen LogP contribution in [0.5, 0.6) is 11.5 Å². The predicted octanol–water partition coefficient (Wildman–Crippen LogP) is 17.8. The van der Waals surface area contributed by atoms with Gasteiger partial charge in [0, 0.05) is 0 Å². The molecule has 0 spiro atoms. The molecule has 0 aliphatic carbocycles. The zero-order chi connectivity index (χ0) is 44.7. The number of rotatable bonds is 36. The molecule has 3 aromatic carbocycles. The van der Waals surface area contributed by atoms with E-state index in [0.717, 1.165) is 43.5 Å². The Balaban J connectivity index is 0.00000158. The van der Waals surface area contributed by atoms with E-state index < -0.39 is 5.75 Å². The summed E-state index contributed by atoms with van der Waals surface area (Å²) in [4.78, 5) is 10.8. The standard InChI is InChI=1S/C50H84N2.C8H10O2.Ni/c1-5-9-13-16-19-21-23-25-27-30-35-45-37-33-39-47(43-45)51-49(41-12-8-4)50(42-32-29-18-15-11-7-3)52-48-40-34-38-46(44-48)36-31-28-26-24-22-20-17-14-10-6-2;1-2-6-4-3-5-7(9)8(6)10;/h33-34,37-40,43-44H,5-32,35-36,41-42H2,1-4H3;3-5,9-10H,2H2,1H3;/q;;+2/p-2. The van der Waals surface area contributed by atoms with Gasteiger partial charge >= 0.3 is 16.5 Å². The molecular weight excluding hydrogens is 815 g/mol. The third-order valence-electron chi connectivity index (χ3n) is 12.3. The van der Waals surface area contributed by atoms with Gasteiger partial charge in [0.2, 0.25) is 0 Å². The van der Waals surface area contributed by atoms with Gasteiger partial charge in [-0.15, -0.1) is 11.5 Å². The molecule has 0 aliphatic rings. The van der Waals surface area contributed by atoms with E-state index in [1.54, 1.807) is 12.1 Å². The van der Waals surface area contributed by atoms with Crippen LogP contribution in [0.1, 0.15) is 244 Å². The molecule has 0 bridgehead atoms. The monoisotopic (exact) mass is 907 g/mol. The Kier molecular flexibility index (Phi) is 37.4. The molecule has 0 aromatic heterocycles. The topological polar surface area (TPSA) is 70.8 Å². The molecule has 3 rings (SSSR count). The largest absolute Gasteiger partial charge is 2.00 e. The zero-order valence-corrected chi connectivity index (χ0v) is 42.2. The minimum Gasteiger partial charge on any atom is -0.873 e. The molecule has 0 heterocycles. The third kappa shape index (κ3) is 29.3. The Morgan fingerprint density at radius 1 is 0.397 bits per heavy atom. The summed E-state index contributed by atoms with van der Waals surface area (Å²) < 4.78 is 0. The van der Waals surface area contributed by atoms with Crippen molar-refractivity contribution in [1.29, 1.82) is 0 Å². The van der Waals surface area contributed by atoms with Gasteiger partial charge in [0.25, 0.3) is 0 Å². The van der Waals surface area contributed by atoms with Gasteiger partial charge in [0.1, 0.15) is 0 Å². The molecule has 0 N–H and O–H groups in total. The maximum absolute atomic E-state index is 10.9. The molecule has 0 aliphatic heterocycles. The van der Waals surface area contributed by atoms with Crippen molar-refractivity contribution >= 4 is 22.8 Å². The van der Waals surface area contributed by atoms with Gasteiger partial charge in [0.05, 0.1) is 22.8 Å². The summed E-state index contributed by atoms with van der Waals surface area (Å²) in [7, 11) is 0. The van der Waals surface area contributed by atoms with Crippen molar-refractivity contribution in [3.05, 3.63) is 83.4 Å². The van der Waals surface area contributed by atoms with E-state index >= 15 is 0 Å². The fourth-order valence-electron chi connectivity index (χ4n) is 8.29. The molecule has 63 heavy (non-hydrogen) atoms. The minimum absolute atomic E-state index is 0. The first-order chi connectivity index (χ1) is 30.4. The summed E-state index contributed by atoms with van der Waals surface area (Å²) in [6.45, 7) is 11.1. The fraction of sp³-hybridized carbons (Fsp3) is 0.655. The molecule has 0 saturated carbocycles. The maximum Gasteiger partial charge on any atom is 2.00 e. The van der Waals surface area contributed by atoms with Crippen LogP contribution in [0.25, 0.3) is 0 Å². The van der Waals surface area contributed by atoms with Gasteiger partial charge in [0.15, 0.2) is 0 Å². The van der Waals surface area contributed by atoms with Crippen LogP contribution >= 0.6 is 0 Å². The average molecular weight is 908 g/mol. The van der Waals surface area contributed by atoms with Gasteiger partial charge in [-0.05, 0) is 93.2 Å². The van der Waals surface area contributed by atoms with Gasteiger partial charge in [-0.25, -0.2) is 0 Å². The second-order valence-corrected chi connectivity index (χ2v) is 18.0. The smallest absolute Gasteiger partial charge is 0.873 e. The van der Waals surface area contributed by atoms with Crippen LogP contribution in [0.15, 0.2) is 76.7 Å². The molecule has 4 nitrogen and oxygen atoms in total. The Bertz CT molecular complexity index is 1580. The summed E-state index contributed by atoms with van der Waals surface area (Å²) in [5.41, 5.74) is 8.14. The molecule has 3 aromatic rings. The number of nitrogens with zero attached hydrogens (tertiary/aromatic N) is 2. The van der Waals surface area contributed by atoms with Gasteiger partial charge in [-0.3, -0.25) is 9.98 Å². The van der Waals surface area contributed by atoms with E-state index in [9.17, 15) is 10.2 Å². The van der Waals surface area contributed by atoms with Crippen LogP contribution < -0.4 is 10.2 Å². The van der Waals surface area contributed by atoms with Crippen LogP contribution in [0.4, 0.5) is 11.4 Å². The average Bonchev–Trinajstić information content (AvgIpc) is 3.28. The number of aryl methyl sites for hydroxylation is 3. The van der Waals surface area contributed by atoms with Crippen molar-refractivity contribution in [1.82, 2.24) is 0 Å². The van der Waals surface area contributed by atoms with E-state index in [0.29, 0.717) is 12.0 Å². The number of aliphatic imine (C=N–C) groups is 2. The Labute approximate surface area is 399 Å². The van der Waals surface area contributed by atoms with Crippen molar-refractivity contribution < 1.29 is 26.7 Å². The van der Waals surface area contributed by atoms with E-state index in [1.165, 1.54) is 202 Å². The van der Waals surface area contributed by atoms with Crippen LogP contribution in [0, 0.1) is 0 Å². The van der Waals surface area contributed by atoms with E-state index in [1.807, 2.05) is 6.92 Å². The molecule has 0 radical (unpaired) electrons. The SMILES string of the molecule is CCCCCCCCCCCCc1cccc(N=C(CCCC)C(CCCCCCCC)=Nc2cccc(CCCCCCCCCCCC)c2)c1.CCc1cccc([O-])c1[O-].[Ni+2]. The molecule has 0 fully saturated rings. The quantitative estimate of drug-likeness (QED) is 0.0331. The molecule has 0 atom stereocenters. The van der Waals surface area contributed by atoms with Crippen LogP contribution in [0.3, 0.4) is 0 Å². The third-order valence-corrected chi connectivity index (χ3v) is 12.3. The van der Waals surface area contributed by atoms with Gasteiger partial charge < -0.3 is 10.2 Å². The Hall–Kier alpha value is -2.91. The maximum atomic E-state index is 10.9. The predicted molar refractivity (Wildman–Crippen MR) is 270 cm³/mol. The zero-order valence-electron chi connectivity index (χ0n) is 41.2. The number of hydrogen-bond acceptors (Lipinski definition) is 4. The van der Waals surface area contributed by atoms with Crippen molar-refractivity contribution in [2.24, 2.45) is 9.98 Å². The van der Waals surface area contributed by atoms with Crippen molar-refractivity contribution in [2.75, 3.05) is 0 Å². The first kappa shape index (κ1) is 58.1. The summed E-state index contributed by atoms with van der Waals surface area (Å²) in [5.74, 6) is -0.760. The summed E-state index contributed by atoms with van der Waals surface area (Å²) >= 11 is 0. The molecule has 0 saturated heterocycles. The van der Waals surface area contributed by atoms with E-state index in [4.69, 9.17) is 9.98 Å². The first-order valence-corrected chi connectivity index (χ1v) is 26.2. The van der Waals surface area contributed by atoms with Crippen molar-refractivity contribution in [3.63, 3.8) is 0 Å². The van der Waals surface area contributed by atoms with Gasteiger partial charge in [-0.1, -0.05) is 237 Å². The summed E-state index contributed by atoms with van der Waals surface area (Å²) in [6.07, 6.45) is 42.9.